The topological polar surface area (TPSA) is 42.0 Å². The van der Waals surface area contributed by atoms with Crippen LogP contribution in [0, 0.1) is 13.8 Å². The van der Waals surface area contributed by atoms with Gasteiger partial charge in [0.15, 0.2) is 5.13 Å². The van der Waals surface area contributed by atoms with E-state index >= 15 is 0 Å². The second-order valence-electron chi connectivity index (χ2n) is 5.86. The summed E-state index contributed by atoms with van der Waals surface area (Å²) < 4.78 is 0. The van der Waals surface area contributed by atoms with Gasteiger partial charge in [-0.3, -0.25) is 4.79 Å². The second-order valence-corrected chi connectivity index (χ2v) is 7.71. The molecule has 0 aliphatic rings. The summed E-state index contributed by atoms with van der Waals surface area (Å²) in [6.45, 7) is 4.19. The largest absolute Gasteiger partial charge is 0.301 e. The molecule has 0 aliphatic carbocycles. The lowest BCUT2D eigenvalue weighted by Gasteiger charge is -2.03. The van der Waals surface area contributed by atoms with Crippen molar-refractivity contribution in [2.24, 2.45) is 0 Å². The number of thioether (sulfide) groups is 1. The molecule has 1 amide bonds. The summed E-state index contributed by atoms with van der Waals surface area (Å²) in [5.41, 5.74) is 5.72. The van der Waals surface area contributed by atoms with Crippen LogP contribution in [0.25, 0.3) is 11.3 Å². The molecule has 0 fully saturated rings. The molecule has 0 saturated carbocycles. The van der Waals surface area contributed by atoms with Gasteiger partial charge in [0.2, 0.25) is 5.91 Å². The standard InChI is InChI=1S/C20H20N2OS2/c1-14-8-9-17(10-15(14)2)18-12-25-20(21-18)22-19(23)13-24-11-16-6-4-3-5-7-16/h3-10,12H,11,13H2,1-2H3,(H,21,22,23). The van der Waals surface area contributed by atoms with E-state index in [1.165, 1.54) is 28.0 Å². The second kappa shape index (κ2) is 8.32. The van der Waals surface area contributed by atoms with Crippen molar-refractivity contribution < 1.29 is 4.79 Å². The van der Waals surface area contributed by atoms with E-state index in [9.17, 15) is 4.79 Å². The first-order valence-electron chi connectivity index (χ1n) is 8.06. The molecular formula is C20H20N2OS2. The molecular weight excluding hydrogens is 348 g/mol. The Morgan fingerprint density at radius 1 is 1.12 bits per heavy atom. The van der Waals surface area contributed by atoms with Crippen LogP contribution in [0.15, 0.2) is 53.9 Å². The van der Waals surface area contributed by atoms with Gasteiger partial charge < -0.3 is 5.32 Å². The molecule has 0 aliphatic heterocycles. The highest BCUT2D eigenvalue weighted by Gasteiger charge is 2.09. The van der Waals surface area contributed by atoms with Crippen molar-refractivity contribution in [1.82, 2.24) is 4.98 Å². The monoisotopic (exact) mass is 368 g/mol. The van der Waals surface area contributed by atoms with Crippen molar-refractivity contribution in [3.63, 3.8) is 0 Å². The van der Waals surface area contributed by atoms with Crippen LogP contribution in [0.3, 0.4) is 0 Å². The van der Waals surface area contributed by atoms with Crippen LogP contribution in [-0.2, 0) is 10.5 Å². The highest BCUT2D eigenvalue weighted by molar-refractivity contribution is 7.99. The Morgan fingerprint density at radius 2 is 1.92 bits per heavy atom. The Bertz CT molecular complexity index is 859. The van der Waals surface area contributed by atoms with Crippen molar-refractivity contribution in [3.05, 3.63) is 70.6 Å². The number of carbonyl (C=O) groups is 1. The number of nitrogens with one attached hydrogen (secondary N) is 1. The number of rotatable bonds is 6. The van der Waals surface area contributed by atoms with Crippen LogP contribution >= 0.6 is 23.1 Å². The summed E-state index contributed by atoms with van der Waals surface area (Å²) in [4.78, 5) is 16.6. The lowest BCUT2D eigenvalue weighted by atomic mass is 10.1. The predicted molar refractivity (Wildman–Crippen MR) is 108 cm³/mol. The van der Waals surface area contributed by atoms with Crippen LogP contribution in [0.5, 0.6) is 0 Å². The molecule has 3 aromatic rings. The first kappa shape index (κ1) is 17.7. The summed E-state index contributed by atoms with van der Waals surface area (Å²) in [6.07, 6.45) is 0. The molecule has 0 spiro atoms. The van der Waals surface area contributed by atoms with Crippen LogP contribution < -0.4 is 5.32 Å². The quantitative estimate of drug-likeness (QED) is 0.642. The molecule has 1 heterocycles. The summed E-state index contributed by atoms with van der Waals surface area (Å²) >= 11 is 3.07. The minimum Gasteiger partial charge on any atom is -0.301 e. The Labute approximate surface area is 156 Å². The van der Waals surface area contributed by atoms with Gasteiger partial charge in [0.1, 0.15) is 0 Å². The van der Waals surface area contributed by atoms with Crippen LogP contribution in [0.4, 0.5) is 5.13 Å². The number of amides is 1. The van der Waals surface area contributed by atoms with E-state index in [-0.39, 0.29) is 5.91 Å². The molecule has 0 saturated heterocycles. The summed E-state index contributed by atoms with van der Waals surface area (Å²) in [5, 5.41) is 5.53. The van der Waals surface area contributed by atoms with Gasteiger partial charge in [-0.25, -0.2) is 4.98 Å². The van der Waals surface area contributed by atoms with E-state index in [0.29, 0.717) is 10.9 Å². The van der Waals surface area contributed by atoms with Gasteiger partial charge in [-0.05, 0) is 36.6 Å². The molecule has 2 aromatic carbocycles. The van der Waals surface area contributed by atoms with E-state index < -0.39 is 0 Å². The van der Waals surface area contributed by atoms with E-state index in [4.69, 9.17) is 0 Å². The van der Waals surface area contributed by atoms with E-state index in [2.05, 4.69) is 54.5 Å². The molecule has 0 atom stereocenters. The van der Waals surface area contributed by atoms with Crippen molar-refractivity contribution in [3.8, 4) is 11.3 Å². The molecule has 0 bridgehead atoms. The van der Waals surface area contributed by atoms with Gasteiger partial charge in [-0.15, -0.1) is 23.1 Å². The number of benzene rings is 2. The normalized spacial score (nSPS) is 10.6. The Kier molecular flexibility index (Phi) is 5.89. The minimum atomic E-state index is -0.0121. The number of carbonyl (C=O) groups excluding carboxylic acids is 1. The first-order valence-corrected chi connectivity index (χ1v) is 10.1. The molecule has 3 rings (SSSR count). The van der Waals surface area contributed by atoms with Crippen molar-refractivity contribution in [1.29, 1.82) is 0 Å². The van der Waals surface area contributed by atoms with Gasteiger partial charge in [0.05, 0.1) is 11.4 Å². The molecule has 0 unspecified atom stereocenters. The van der Waals surface area contributed by atoms with Gasteiger partial charge in [0, 0.05) is 16.7 Å². The van der Waals surface area contributed by atoms with Gasteiger partial charge >= 0.3 is 0 Å². The fourth-order valence-electron chi connectivity index (χ4n) is 2.36. The zero-order valence-electron chi connectivity index (χ0n) is 14.3. The van der Waals surface area contributed by atoms with Crippen LogP contribution in [0.1, 0.15) is 16.7 Å². The van der Waals surface area contributed by atoms with E-state index in [0.717, 1.165) is 17.0 Å². The first-order chi connectivity index (χ1) is 12.1. The maximum atomic E-state index is 12.1. The van der Waals surface area contributed by atoms with Crippen LogP contribution in [0.2, 0.25) is 0 Å². The van der Waals surface area contributed by atoms with Gasteiger partial charge in [-0.1, -0.05) is 42.5 Å². The van der Waals surface area contributed by atoms with Gasteiger partial charge in [0.25, 0.3) is 0 Å². The molecule has 1 N–H and O–H groups in total. The third-order valence-electron chi connectivity index (χ3n) is 3.90. The third-order valence-corrected chi connectivity index (χ3v) is 5.66. The Balaban J connectivity index is 1.54. The fourth-order valence-corrected chi connectivity index (χ4v) is 3.88. The Hall–Kier alpha value is -2.11. The fraction of sp³-hybridized carbons (Fsp3) is 0.200. The van der Waals surface area contributed by atoms with E-state index in [1.807, 2.05) is 23.6 Å². The SMILES string of the molecule is Cc1ccc(-c2csc(NC(=O)CSCc3ccccc3)n2)cc1C. The molecule has 5 heteroatoms. The number of anilines is 1. The highest BCUT2D eigenvalue weighted by atomic mass is 32.2. The molecule has 25 heavy (non-hydrogen) atoms. The maximum Gasteiger partial charge on any atom is 0.236 e. The smallest absolute Gasteiger partial charge is 0.236 e. The minimum absolute atomic E-state index is 0.0121. The summed E-state index contributed by atoms with van der Waals surface area (Å²) in [5.74, 6) is 1.25. The van der Waals surface area contributed by atoms with E-state index in [1.54, 1.807) is 11.8 Å². The van der Waals surface area contributed by atoms with Crippen molar-refractivity contribution >= 4 is 34.1 Å². The molecule has 1 aromatic heterocycles. The number of hydrogen-bond donors (Lipinski definition) is 1. The van der Waals surface area contributed by atoms with Crippen molar-refractivity contribution in [2.45, 2.75) is 19.6 Å². The molecule has 0 radical (unpaired) electrons. The number of nitrogens with zero attached hydrogens (tertiary/aromatic N) is 1. The lowest BCUT2D eigenvalue weighted by molar-refractivity contribution is -0.113. The zero-order valence-corrected chi connectivity index (χ0v) is 15.9. The Morgan fingerprint density at radius 3 is 2.68 bits per heavy atom. The average Bonchev–Trinajstić information content (AvgIpc) is 3.06. The lowest BCUT2D eigenvalue weighted by Crippen LogP contribution is -2.13. The molecule has 128 valence electrons. The van der Waals surface area contributed by atoms with Crippen LogP contribution in [-0.4, -0.2) is 16.6 Å². The van der Waals surface area contributed by atoms with Gasteiger partial charge in [-0.2, -0.15) is 0 Å². The number of aromatic nitrogens is 1. The molecule has 3 nitrogen and oxygen atoms in total. The maximum absolute atomic E-state index is 12.1. The zero-order chi connectivity index (χ0) is 17.6. The highest BCUT2D eigenvalue weighted by Crippen LogP contribution is 2.26. The number of aryl methyl sites for hydroxylation is 2. The summed E-state index contributed by atoms with van der Waals surface area (Å²) in [7, 11) is 0. The summed E-state index contributed by atoms with van der Waals surface area (Å²) in [6, 6.07) is 16.5. The number of thiazole rings is 1. The average molecular weight is 369 g/mol. The third kappa shape index (κ3) is 4.94. The van der Waals surface area contributed by atoms with Crippen molar-refractivity contribution in [2.75, 3.05) is 11.1 Å². The number of hydrogen-bond acceptors (Lipinski definition) is 4. The predicted octanol–water partition coefficient (Wildman–Crippen LogP) is 5.30.